The minimum absolute atomic E-state index is 0.0976. The van der Waals surface area contributed by atoms with Gasteiger partial charge in [-0.25, -0.2) is 0 Å². The highest BCUT2D eigenvalue weighted by atomic mass is 79.9. The number of aliphatic hydroxyl groups is 1. The highest BCUT2D eigenvalue weighted by Gasteiger charge is 2.77. The van der Waals surface area contributed by atoms with E-state index >= 15 is 0 Å². The van der Waals surface area contributed by atoms with E-state index in [4.69, 9.17) is 21.1 Å². The zero-order chi connectivity index (χ0) is 36.3. The molecule has 5 rings (SSSR count). The Morgan fingerprint density at radius 3 is 2.54 bits per heavy atom. The maximum Gasteiger partial charge on any atom is 0.313 e. The zero-order valence-corrected chi connectivity index (χ0v) is 30.9. The van der Waals surface area contributed by atoms with Crippen LogP contribution >= 0.6 is 27.5 Å². The number of rotatable bonds is 15. The summed E-state index contributed by atoms with van der Waals surface area (Å²) in [5.41, 5.74) is 0.499. The molecule has 1 unspecified atom stereocenters. The second-order valence-electron chi connectivity index (χ2n) is 13.2. The average molecular weight is 771 g/mol. The molecule has 2 bridgehead atoms. The molecule has 3 aliphatic rings. The SMILES string of the molecule is C=CCCC(=O)N[C@@H](C)[C@H](OC(=O)[C@@H]1[C@H]2O[C@@]3(CC2Br)[C@H](C(=O)N(CC=C)c2c(C)cccc2Cl)N([C@@H](CC)CO)C(=O)[C@@H]13)c1ccccc1. The van der Waals surface area contributed by atoms with Crippen LogP contribution < -0.4 is 10.2 Å². The summed E-state index contributed by atoms with van der Waals surface area (Å²) in [5.74, 6) is -3.92. The third kappa shape index (κ3) is 6.77. The minimum atomic E-state index is -1.40. The molecule has 0 aromatic heterocycles. The molecule has 3 fully saturated rings. The average Bonchev–Trinajstić information content (AvgIpc) is 3.69. The zero-order valence-electron chi connectivity index (χ0n) is 28.6. The number of hydrogen-bond donors (Lipinski definition) is 2. The monoisotopic (exact) mass is 769 g/mol. The normalized spacial score (nSPS) is 26.9. The number of carbonyl (C=O) groups is 4. The predicted octanol–water partition coefficient (Wildman–Crippen LogP) is 5.44. The summed E-state index contributed by atoms with van der Waals surface area (Å²) >= 11 is 10.4. The van der Waals surface area contributed by atoms with Gasteiger partial charge >= 0.3 is 5.97 Å². The van der Waals surface area contributed by atoms with E-state index in [1.54, 1.807) is 31.2 Å². The van der Waals surface area contributed by atoms with Crippen molar-refractivity contribution in [2.24, 2.45) is 11.8 Å². The van der Waals surface area contributed by atoms with Crippen molar-refractivity contribution in [2.45, 2.75) is 87.2 Å². The van der Waals surface area contributed by atoms with Crippen molar-refractivity contribution in [3.63, 3.8) is 0 Å². The molecule has 2 N–H and O–H groups in total. The van der Waals surface area contributed by atoms with Crippen molar-refractivity contribution in [1.29, 1.82) is 0 Å². The van der Waals surface area contributed by atoms with Crippen LogP contribution in [0.2, 0.25) is 5.02 Å². The molecule has 3 heterocycles. The first-order chi connectivity index (χ1) is 23.9. The number of nitrogens with zero attached hydrogens (tertiary/aromatic N) is 2. The number of aryl methyl sites for hydroxylation is 1. The van der Waals surface area contributed by atoms with Crippen LogP contribution in [-0.4, -0.2) is 81.5 Å². The number of anilines is 1. The van der Waals surface area contributed by atoms with Crippen LogP contribution in [0.3, 0.4) is 0 Å². The lowest BCUT2D eigenvalue weighted by atomic mass is 9.70. The largest absolute Gasteiger partial charge is 0.455 e. The molecule has 0 radical (unpaired) electrons. The van der Waals surface area contributed by atoms with Gasteiger partial charge in [-0.1, -0.05) is 89.1 Å². The van der Waals surface area contributed by atoms with E-state index in [1.165, 1.54) is 9.80 Å². The molecule has 2 aromatic rings. The number of hydrogen-bond acceptors (Lipinski definition) is 7. The third-order valence-corrected chi connectivity index (χ3v) is 11.3. The Morgan fingerprint density at radius 2 is 1.92 bits per heavy atom. The first-order valence-corrected chi connectivity index (χ1v) is 18.3. The van der Waals surface area contributed by atoms with Gasteiger partial charge in [0.2, 0.25) is 11.8 Å². The van der Waals surface area contributed by atoms with Crippen molar-refractivity contribution >= 4 is 56.9 Å². The second-order valence-corrected chi connectivity index (χ2v) is 14.8. The van der Waals surface area contributed by atoms with Crippen LogP contribution in [-0.2, 0) is 28.7 Å². The topological polar surface area (TPSA) is 125 Å². The number of aliphatic hydroxyl groups excluding tert-OH is 1. The van der Waals surface area contributed by atoms with E-state index in [0.717, 1.165) is 5.56 Å². The Morgan fingerprint density at radius 1 is 1.20 bits per heavy atom. The van der Waals surface area contributed by atoms with Crippen LogP contribution in [0.25, 0.3) is 0 Å². The lowest BCUT2D eigenvalue weighted by Gasteiger charge is -2.39. The highest BCUT2D eigenvalue weighted by Crippen LogP contribution is 2.61. The van der Waals surface area contributed by atoms with E-state index in [9.17, 15) is 24.3 Å². The summed E-state index contributed by atoms with van der Waals surface area (Å²) < 4.78 is 13.0. The summed E-state index contributed by atoms with van der Waals surface area (Å²) in [4.78, 5) is 59.3. The number of para-hydroxylation sites is 1. The second kappa shape index (κ2) is 15.8. The number of halogens is 2. The first kappa shape index (κ1) is 37.7. The smallest absolute Gasteiger partial charge is 0.313 e. The van der Waals surface area contributed by atoms with Gasteiger partial charge in [-0.05, 0) is 50.3 Å². The van der Waals surface area contributed by atoms with Crippen LogP contribution in [0, 0.1) is 18.8 Å². The van der Waals surface area contributed by atoms with Crippen molar-refractivity contribution < 1.29 is 33.8 Å². The van der Waals surface area contributed by atoms with Crippen molar-refractivity contribution in [1.82, 2.24) is 10.2 Å². The standard InChI is InChI=1S/C38H45BrClN3O7/c1-6-9-18-28(45)41-23(5)32(24-15-11-10-12-16-24)49-37(48)29-30-35(46)43(25(8-3)21-44)34(38(30)20-26(39)33(29)50-38)36(47)42(19-7-2)31-22(4)14-13-17-27(31)40/h6-7,10-17,23,25-26,29-30,32-34,44H,1-2,8-9,18-21H2,3-5H3,(H,41,45)/t23-,25-,26?,29-,30+,32-,33-,34-,38+/m0/s1. The van der Waals surface area contributed by atoms with Gasteiger partial charge in [0.1, 0.15) is 17.7 Å². The molecule has 50 heavy (non-hydrogen) atoms. The number of amides is 3. The summed E-state index contributed by atoms with van der Waals surface area (Å²) in [6.07, 6.45) is 2.96. The summed E-state index contributed by atoms with van der Waals surface area (Å²) in [5, 5.41) is 13.8. The van der Waals surface area contributed by atoms with E-state index in [2.05, 4.69) is 34.4 Å². The predicted molar refractivity (Wildman–Crippen MR) is 195 cm³/mol. The number of benzene rings is 2. The van der Waals surface area contributed by atoms with Crippen LogP contribution in [0.4, 0.5) is 5.69 Å². The number of ether oxygens (including phenoxy) is 2. The third-order valence-electron chi connectivity index (χ3n) is 10.1. The maximum atomic E-state index is 15.0. The molecule has 3 aliphatic heterocycles. The molecule has 0 saturated carbocycles. The summed E-state index contributed by atoms with van der Waals surface area (Å²) in [6, 6.07) is 11.9. The van der Waals surface area contributed by atoms with Gasteiger partial charge in [-0.15, -0.1) is 13.2 Å². The van der Waals surface area contributed by atoms with Crippen molar-refractivity contribution in [3.05, 3.63) is 90.0 Å². The maximum absolute atomic E-state index is 15.0. The van der Waals surface area contributed by atoms with E-state index in [-0.39, 0.29) is 30.1 Å². The lowest BCUT2D eigenvalue weighted by Crippen LogP contribution is -2.59. The fourth-order valence-electron chi connectivity index (χ4n) is 7.90. The Hall–Kier alpha value is -3.51. The molecule has 0 aliphatic carbocycles. The van der Waals surface area contributed by atoms with E-state index in [0.29, 0.717) is 29.1 Å². The summed E-state index contributed by atoms with van der Waals surface area (Å²) in [7, 11) is 0. The fourth-order valence-corrected chi connectivity index (χ4v) is 9.16. The lowest BCUT2D eigenvalue weighted by molar-refractivity contribution is -0.162. The highest BCUT2D eigenvalue weighted by molar-refractivity contribution is 9.09. The Bertz CT molecular complexity index is 1600. The molecule has 10 nitrogen and oxygen atoms in total. The number of esters is 1. The molecule has 9 atom stereocenters. The van der Waals surface area contributed by atoms with Crippen LogP contribution in [0.1, 0.15) is 56.8 Å². The summed E-state index contributed by atoms with van der Waals surface area (Å²) in [6.45, 7) is 12.7. The van der Waals surface area contributed by atoms with Gasteiger partial charge < -0.3 is 29.7 Å². The van der Waals surface area contributed by atoms with Gasteiger partial charge in [0, 0.05) is 17.8 Å². The number of fused-ring (bicyclic) bond motifs is 1. The van der Waals surface area contributed by atoms with E-state index in [1.807, 2.05) is 50.2 Å². The molecule has 2 aromatic carbocycles. The molecule has 12 heteroatoms. The van der Waals surface area contributed by atoms with Gasteiger partial charge in [-0.2, -0.15) is 0 Å². The first-order valence-electron chi connectivity index (χ1n) is 17.0. The van der Waals surface area contributed by atoms with Crippen molar-refractivity contribution in [2.75, 3.05) is 18.1 Å². The van der Waals surface area contributed by atoms with Gasteiger partial charge in [0.05, 0.1) is 47.3 Å². The minimum Gasteiger partial charge on any atom is -0.455 e. The van der Waals surface area contributed by atoms with Crippen LogP contribution in [0.5, 0.6) is 0 Å². The van der Waals surface area contributed by atoms with Gasteiger partial charge in [0.15, 0.2) is 0 Å². The van der Waals surface area contributed by atoms with Gasteiger partial charge in [0.25, 0.3) is 5.91 Å². The molecular weight excluding hydrogens is 726 g/mol. The van der Waals surface area contributed by atoms with E-state index < -0.39 is 72.2 Å². The van der Waals surface area contributed by atoms with Crippen LogP contribution in [0.15, 0.2) is 73.8 Å². The molecule has 268 valence electrons. The number of alkyl halides is 1. The number of allylic oxidation sites excluding steroid dienone is 1. The molecule has 3 saturated heterocycles. The Balaban J connectivity index is 1.55. The molecular formula is C38H45BrClN3O7. The number of likely N-dealkylation sites (tertiary alicyclic amines) is 1. The quantitative estimate of drug-likeness (QED) is 0.140. The van der Waals surface area contributed by atoms with Crippen molar-refractivity contribution in [3.8, 4) is 0 Å². The fraction of sp³-hybridized carbons (Fsp3) is 0.474. The number of nitrogens with one attached hydrogen (secondary N) is 1. The molecule has 1 spiro atoms. The Labute approximate surface area is 306 Å². The number of carbonyl (C=O) groups excluding carboxylic acids is 4. The molecule has 3 amide bonds. The Kier molecular flexibility index (Phi) is 11.9. The van der Waals surface area contributed by atoms with Gasteiger partial charge in [-0.3, -0.25) is 19.2 Å².